The van der Waals surface area contributed by atoms with Crippen LogP contribution in [0.5, 0.6) is 0 Å². The van der Waals surface area contributed by atoms with E-state index in [4.69, 9.17) is 32.6 Å². The zero-order chi connectivity index (χ0) is 27.0. The van der Waals surface area contributed by atoms with E-state index in [1.54, 1.807) is 18.7 Å². The molecule has 1 aliphatic rings. The van der Waals surface area contributed by atoms with Crippen molar-refractivity contribution in [1.29, 1.82) is 0 Å². The van der Waals surface area contributed by atoms with E-state index in [1.165, 1.54) is 29.4 Å². The highest BCUT2D eigenvalue weighted by atomic mass is 35.5. The van der Waals surface area contributed by atoms with Crippen molar-refractivity contribution in [2.24, 2.45) is 0 Å². The minimum atomic E-state index is -0.242. The lowest BCUT2D eigenvalue weighted by atomic mass is 10.0. The summed E-state index contributed by atoms with van der Waals surface area (Å²) in [7, 11) is 0. The van der Waals surface area contributed by atoms with E-state index in [-0.39, 0.29) is 17.8 Å². The minimum absolute atomic E-state index is 0.174. The molecule has 1 N–H and O–H groups in total. The van der Waals surface area contributed by atoms with Crippen molar-refractivity contribution in [2.45, 2.75) is 57.1 Å². The molecule has 3 aromatic heterocycles. The molecule has 202 valence electrons. The van der Waals surface area contributed by atoms with E-state index in [2.05, 4.69) is 50.5 Å². The molecule has 0 aliphatic heterocycles. The summed E-state index contributed by atoms with van der Waals surface area (Å²) in [4.78, 5) is 28.3. The Labute approximate surface area is 238 Å². The number of benzene rings is 1. The molecule has 3 heterocycles. The molecule has 0 spiro atoms. The molecule has 0 saturated carbocycles. The maximum atomic E-state index is 12.7. The van der Waals surface area contributed by atoms with Crippen LogP contribution in [0.25, 0.3) is 0 Å². The highest BCUT2D eigenvalue weighted by Crippen LogP contribution is 2.34. The van der Waals surface area contributed by atoms with Gasteiger partial charge in [0.1, 0.15) is 6.26 Å². The topological polar surface area (TPSA) is 84.2 Å². The molecule has 1 aliphatic carbocycles. The van der Waals surface area contributed by atoms with E-state index in [9.17, 15) is 4.79 Å². The van der Waals surface area contributed by atoms with E-state index < -0.39 is 0 Å². The summed E-state index contributed by atoms with van der Waals surface area (Å²) in [6, 6.07) is 13.0. The molecule has 0 fully saturated rings. The average molecular weight is 565 g/mol. The number of hydrogen-bond donors (Lipinski definition) is 1. The average Bonchev–Trinajstić information content (AvgIpc) is 3.37. The van der Waals surface area contributed by atoms with Crippen LogP contribution in [0, 0.1) is 0 Å². The van der Waals surface area contributed by atoms with Crippen LogP contribution in [0.1, 0.15) is 69.5 Å². The minimum Gasteiger partial charge on any atom is -0.448 e. The molecule has 5 rings (SSSR count). The number of oxazole rings is 1. The van der Waals surface area contributed by atoms with Crippen LogP contribution in [0.2, 0.25) is 5.02 Å². The predicted molar refractivity (Wildman–Crippen MR) is 152 cm³/mol. The number of alkyl halides is 1. The van der Waals surface area contributed by atoms with E-state index in [1.807, 2.05) is 12.3 Å². The zero-order valence-electron chi connectivity index (χ0n) is 21.7. The van der Waals surface area contributed by atoms with Crippen molar-refractivity contribution in [3.63, 3.8) is 0 Å². The van der Waals surface area contributed by atoms with Crippen LogP contribution in [0.3, 0.4) is 0 Å². The number of pyridine rings is 2. The smallest absolute Gasteiger partial charge is 0.253 e. The fourth-order valence-corrected chi connectivity index (χ4v) is 5.64. The second-order valence-electron chi connectivity index (χ2n) is 9.75. The van der Waals surface area contributed by atoms with Crippen LogP contribution < -0.4 is 5.32 Å². The number of rotatable bonds is 10. The maximum Gasteiger partial charge on any atom is 0.253 e. The lowest BCUT2D eigenvalue weighted by Gasteiger charge is -2.30. The Morgan fingerprint density at radius 1 is 1.05 bits per heavy atom. The molecular weight excluding hydrogens is 533 g/mol. The van der Waals surface area contributed by atoms with Gasteiger partial charge < -0.3 is 9.73 Å². The van der Waals surface area contributed by atoms with Crippen molar-refractivity contribution >= 4 is 29.1 Å². The van der Waals surface area contributed by atoms with E-state index >= 15 is 0 Å². The first kappa shape index (κ1) is 27.3. The Balaban J connectivity index is 1.25. The molecule has 0 radical (unpaired) electrons. The van der Waals surface area contributed by atoms with Gasteiger partial charge in [0.25, 0.3) is 5.91 Å². The summed E-state index contributed by atoms with van der Waals surface area (Å²) in [6.45, 7) is 1.85. The maximum absolute atomic E-state index is 12.7. The number of aryl methyl sites for hydroxylation is 1. The molecule has 1 atom stereocenters. The third kappa shape index (κ3) is 6.85. The molecule has 0 bridgehead atoms. The quantitative estimate of drug-likeness (QED) is 0.180. The largest absolute Gasteiger partial charge is 0.448 e. The van der Waals surface area contributed by atoms with Gasteiger partial charge in [-0.25, -0.2) is 4.98 Å². The molecule has 7 nitrogen and oxygen atoms in total. The van der Waals surface area contributed by atoms with Crippen molar-refractivity contribution in [3.8, 4) is 0 Å². The fourth-order valence-electron chi connectivity index (χ4n) is 5.17. The number of hydrogen-bond acceptors (Lipinski definition) is 6. The van der Waals surface area contributed by atoms with Crippen molar-refractivity contribution < 1.29 is 9.21 Å². The number of halogens is 2. The van der Waals surface area contributed by atoms with Crippen LogP contribution in [0.4, 0.5) is 0 Å². The first-order valence-corrected chi connectivity index (χ1v) is 14.1. The highest BCUT2D eigenvalue weighted by molar-refractivity contribution is 6.34. The normalized spacial score (nSPS) is 15.1. The van der Waals surface area contributed by atoms with Gasteiger partial charge in [-0.05, 0) is 54.0 Å². The predicted octanol–water partition coefficient (Wildman–Crippen LogP) is 6.30. The molecule has 1 aromatic carbocycles. The van der Waals surface area contributed by atoms with Gasteiger partial charge in [0, 0.05) is 37.6 Å². The number of aromatic nitrogens is 3. The lowest BCUT2D eigenvalue weighted by molar-refractivity contribution is 0.0953. The standard InChI is InChI=1S/C30H31Cl2N5O2/c31-16-24-17-33-18-25(32)28(24)30(38)36-13-11-21-7-9-22(10-8-21)19-37(20-27-34-14-15-39-27)26-6-2-1-4-23-5-3-12-35-29(23)26/h3,5,7-10,12,14-15,17-18,26H,1-2,4,6,11,13,16,19-20H2,(H,36,38). The van der Waals surface area contributed by atoms with Gasteiger partial charge in [0.15, 0.2) is 0 Å². The Bertz CT molecular complexity index is 1380. The Morgan fingerprint density at radius 2 is 1.90 bits per heavy atom. The first-order chi connectivity index (χ1) is 19.1. The fraction of sp³-hybridized carbons (Fsp3) is 0.333. The number of nitrogens with zero attached hydrogens (tertiary/aromatic N) is 4. The van der Waals surface area contributed by atoms with Gasteiger partial charge in [-0.3, -0.25) is 19.7 Å². The summed E-state index contributed by atoms with van der Waals surface area (Å²) in [6.07, 6.45) is 13.4. The van der Waals surface area contributed by atoms with Crippen molar-refractivity contribution in [2.75, 3.05) is 6.54 Å². The number of nitrogens with one attached hydrogen (secondary N) is 1. The molecule has 9 heteroatoms. The summed E-state index contributed by atoms with van der Waals surface area (Å²) in [5.74, 6) is 0.637. The summed E-state index contributed by atoms with van der Waals surface area (Å²) < 4.78 is 5.62. The molecule has 39 heavy (non-hydrogen) atoms. The lowest BCUT2D eigenvalue weighted by Crippen LogP contribution is -2.29. The highest BCUT2D eigenvalue weighted by Gasteiger charge is 2.27. The SMILES string of the molecule is O=C(NCCc1ccc(CN(Cc2ncco2)C2CCCCc3cccnc32)cc1)c1c(Cl)cncc1CCl. The van der Waals surface area contributed by atoms with Gasteiger partial charge >= 0.3 is 0 Å². The third-order valence-corrected chi connectivity index (χ3v) is 7.71. The zero-order valence-corrected chi connectivity index (χ0v) is 23.2. The van der Waals surface area contributed by atoms with Crippen molar-refractivity contribution in [1.82, 2.24) is 25.2 Å². The molecule has 4 aromatic rings. The van der Waals surface area contributed by atoms with Gasteiger partial charge in [-0.15, -0.1) is 11.6 Å². The van der Waals surface area contributed by atoms with E-state index in [0.717, 1.165) is 31.4 Å². The van der Waals surface area contributed by atoms with Gasteiger partial charge in [0.05, 0.1) is 35.1 Å². The van der Waals surface area contributed by atoms with Crippen LogP contribution >= 0.6 is 23.2 Å². The monoisotopic (exact) mass is 563 g/mol. The molecule has 1 amide bonds. The second kappa shape index (κ2) is 13.2. The second-order valence-corrected chi connectivity index (χ2v) is 10.4. The van der Waals surface area contributed by atoms with Gasteiger partial charge in [0.2, 0.25) is 5.89 Å². The van der Waals surface area contributed by atoms with Crippen LogP contribution in [-0.2, 0) is 31.8 Å². The first-order valence-electron chi connectivity index (χ1n) is 13.2. The number of amides is 1. The number of carbonyl (C=O) groups is 1. The third-order valence-electron chi connectivity index (χ3n) is 7.14. The van der Waals surface area contributed by atoms with Crippen molar-refractivity contribution in [3.05, 3.63) is 112 Å². The summed E-state index contributed by atoms with van der Waals surface area (Å²) >= 11 is 12.2. The van der Waals surface area contributed by atoms with E-state index in [0.29, 0.717) is 41.6 Å². The Hall–Kier alpha value is -3.26. The van der Waals surface area contributed by atoms with Crippen LogP contribution in [0.15, 0.2) is 71.9 Å². The van der Waals surface area contributed by atoms with Gasteiger partial charge in [-0.2, -0.15) is 0 Å². The summed E-state index contributed by atoms with van der Waals surface area (Å²) in [5.41, 5.74) is 5.84. The van der Waals surface area contributed by atoms with Crippen LogP contribution in [-0.4, -0.2) is 32.3 Å². The number of carbonyl (C=O) groups excluding carboxylic acids is 1. The molecular formula is C30H31Cl2N5O2. The number of fused-ring (bicyclic) bond motifs is 1. The molecule has 0 saturated heterocycles. The Kier molecular flexibility index (Phi) is 9.24. The van der Waals surface area contributed by atoms with Gasteiger partial charge in [-0.1, -0.05) is 48.4 Å². The summed E-state index contributed by atoms with van der Waals surface area (Å²) in [5, 5.41) is 3.25. The Morgan fingerprint density at radius 3 is 2.69 bits per heavy atom. The molecule has 1 unspecified atom stereocenters.